The van der Waals surface area contributed by atoms with E-state index in [0.29, 0.717) is 62.9 Å². The van der Waals surface area contributed by atoms with Crippen LogP contribution in [0.1, 0.15) is 32.2 Å². The van der Waals surface area contributed by atoms with Crippen LogP contribution in [-0.2, 0) is 38.6 Å². The van der Waals surface area contributed by atoms with Gasteiger partial charge in [0.2, 0.25) is 5.91 Å². The summed E-state index contributed by atoms with van der Waals surface area (Å²) in [4.78, 5) is 38.9. The quantitative estimate of drug-likeness (QED) is 0.195. The smallest absolute Gasteiger partial charge is 0.344 e. The van der Waals surface area contributed by atoms with E-state index in [1.54, 1.807) is 20.1 Å². The number of carbonyl (C=O) groups is 2. The lowest BCUT2D eigenvalue weighted by atomic mass is 10.2. The summed E-state index contributed by atoms with van der Waals surface area (Å²) in [6, 6.07) is 15.3. The second-order valence-corrected chi connectivity index (χ2v) is 10.2. The average Bonchev–Trinajstić information content (AvgIpc) is 3.39. The van der Waals surface area contributed by atoms with Crippen LogP contribution in [0.15, 0.2) is 48.5 Å². The van der Waals surface area contributed by atoms with Crippen LogP contribution in [0.25, 0.3) is 21.9 Å². The second-order valence-electron chi connectivity index (χ2n) is 10.2. The number of fused-ring (bicyclic) bond motifs is 3. The highest BCUT2D eigenvalue weighted by molar-refractivity contribution is 6.06. The van der Waals surface area contributed by atoms with Crippen molar-refractivity contribution in [2.75, 3.05) is 58.8 Å². The standard InChI is InChI=1S/C32H42N6O5/c1-5-36(6-2)21-28(39)37(20-23-11-10-12-24(19-23)43-22-29(40)42-7-3)16-17-38-27(15-18-41-4)35-30-31(38)25-13-8-9-14-26(25)34-32(30)33/h8-14,19H,5-7,15-18,20-22H2,1-4H3,(H2,33,34). The van der Waals surface area contributed by atoms with Crippen LogP contribution in [0.3, 0.4) is 0 Å². The summed E-state index contributed by atoms with van der Waals surface area (Å²) < 4.78 is 18.1. The third-order valence-corrected chi connectivity index (χ3v) is 7.35. The Kier molecular flexibility index (Phi) is 11.3. The maximum absolute atomic E-state index is 13.7. The minimum Gasteiger partial charge on any atom is -0.482 e. The number of imidazole rings is 1. The molecule has 0 bridgehead atoms. The molecule has 0 saturated carbocycles. The number of esters is 1. The first-order valence-corrected chi connectivity index (χ1v) is 14.8. The van der Waals surface area contributed by atoms with Gasteiger partial charge in [0.05, 0.1) is 30.8 Å². The predicted molar refractivity (Wildman–Crippen MR) is 167 cm³/mol. The van der Waals surface area contributed by atoms with E-state index in [2.05, 4.69) is 28.3 Å². The lowest BCUT2D eigenvalue weighted by Crippen LogP contribution is -2.41. The molecule has 1 amide bonds. The average molecular weight is 591 g/mol. The van der Waals surface area contributed by atoms with Crippen LogP contribution in [-0.4, -0.2) is 89.3 Å². The van der Waals surface area contributed by atoms with Gasteiger partial charge in [-0.2, -0.15) is 0 Å². The van der Waals surface area contributed by atoms with Crippen molar-refractivity contribution >= 4 is 39.6 Å². The molecule has 0 aliphatic heterocycles. The number of amides is 1. The number of ether oxygens (including phenoxy) is 3. The van der Waals surface area contributed by atoms with Gasteiger partial charge < -0.3 is 29.4 Å². The molecule has 2 aromatic heterocycles. The number of nitrogens with zero attached hydrogens (tertiary/aromatic N) is 5. The summed E-state index contributed by atoms with van der Waals surface area (Å²) >= 11 is 0. The van der Waals surface area contributed by atoms with Crippen LogP contribution in [0.5, 0.6) is 5.75 Å². The molecule has 0 unspecified atom stereocenters. The van der Waals surface area contributed by atoms with Gasteiger partial charge in [0.1, 0.15) is 17.1 Å². The third-order valence-electron chi connectivity index (χ3n) is 7.35. The fourth-order valence-electron chi connectivity index (χ4n) is 5.08. The largest absolute Gasteiger partial charge is 0.482 e. The fourth-order valence-corrected chi connectivity index (χ4v) is 5.08. The van der Waals surface area contributed by atoms with Gasteiger partial charge in [-0.05, 0) is 43.8 Å². The number of anilines is 1. The number of likely N-dealkylation sites (N-methyl/N-ethyl adjacent to an activating group) is 1. The monoisotopic (exact) mass is 590 g/mol. The van der Waals surface area contributed by atoms with Crippen LogP contribution < -0.4 is 10.5 Å². The predicted octanol–water partition coefficient (Wildman–Crippen LogP) is 3.67. The number of methoxy groups -OCH3 is 1. The number of nitrogen functional groups attached to an aromatic ring is 1. The Bertz CT molecular complexity index is 1530. The first-order chi connectivity index (χ1) is 20.9. The molecule has 0 aliphatic rings. The Morgan fingerprint density at radius 3 is 2.56 bits per heavy atom. The molecule has 11 nitrogen and oxygen atoms in total. The summed E-state index contributed by atoms with van der Waals surface area (Å²) in [7, 11) is 1.66. The molecule has 2 heterocycles. The number of aromatic nitrogens is 3. The Balaban J connectivity index is 1.65. The number of hydrogen-bond donors (Lipinski definition) is 1. The summed E-state index contributed by atoms with van der Waals surface area (Å²) in [6.07, 6.45) is 0.589. The van der Waals surface area contributed by atoms with Crippen molar-refractivity contribution < 1.29 is 23.8 Å². The zero-order valence-corrected chi connectivity index (χ0v) is 25.5. The minimum absolute atomic E-state index is 0.0236. The fraction of sp³-hybridized carbons (Fsp3) is 0.438. The van der Waals surface area contributed by atoms with Crippen LogP contribution in [0.4, 0.5) is 5.82 Å². The zero-order valence-electron chi connectivity index (χ0n) is 25.5. The molecule has 0 radical (unpaired) electrons. The van der Waals surface area contributed by atoms with Crippen molar-refractivity contribution in [1.29, 1.82) is 0 Å². The number of benzene rings is 2. The van der Waals surface area contributed by atoms with E-state index in [0.717, 1.165) is 40.9 Å². The van der Waals surface area contributed by atoms with Gasteiger partial charge in [0.25, 0.3) is 0 Å². The first-order valence-electron chi connectivity index (χ1n) is 14.8. The van der Waals surface area contributed by atoms with Gasteiger partial charge in [-0.15, -0.1) is 0 Å². The number of nitrogens with two attached hydrogens (primary N) is 1. The molecular weight excluding hydrogens is 548 g/mol. The molecule has 230 valence electrons. The molecule has 0 aliphatic carbocycles. The second kappa shape index (κ2) is 15.3. The van der Waals surface area contributed by atoms with Gasteiger partial charge in [-0.25, -0.2) is 14.8 Å². The third kappa shape index (κ3) is 7.99. The lowest BCUT2D eigenvalue weighted by Gasteiger charge is -2.27. The summed E-state index contributed by atoms with van der Waals surface area (Å²) in [5.74, 6) is 1.34. The maximum Gasteiger partial charge on any atom is 0.344 e. The topological polar surface area (TPSA) is 125 Å². The normalized spacial score (nSPS) is 11.4. The van der Waals surface area contributed by atoms with Crippen molar-refractivity contribution in [3.05, 3.63) is 59.9 Å². The summed E-state index contributed by atoms with van der Waals surface area (Å²) in [5, 5.41) is 0.954. The van der Waals surface area contributed by atoms with Gasteiger partial charge in [-0.1, -0.05) is 44.2 Å². The molecule has 2 N–H and O–H groups in total. The highest BCUT2D eigenvalue weighted by Crippen LogP contribution is 2.29. The summed E-state index contributed by atoms with van der Waals surface area (Å²) in [5.41, 5.74) is 9.61. The number of hydrogen-bond acceptors (Lipinski definition) is 9. The Morgan fingerprint density at radius 2 is 1.81 bits per heavy atom. The van der Waals surface area contributed by atoms with E-state index in [1.807, 2.05) is 47.4 Å². The molecule has 0 spiro atoms. The Morgan fingerprint density at radius 1 is 1.02 bits per heavy atom. The van der Waals surface area contributed by atoms with E-state index >= 15 is 0 Å². The van der Waals surface area contributed by atoms with Crippen molar-refractivity contribution in [3.8, 4) is 5.75 Å². The SMILES string of the molecule is CCOC(=O)COc1cccc(CN(CCn2c(CCOC)nc3c(N)nc4ccccc4c32)C(=O)CN(CC)CC)c1. The molecular formula is C32H42N6O5. The lowest BCUT2D eigenvalue weighted by molar-refractivity contribution is -0.145. The van der Waals surface area contributed by atoms with Crippen LogP contribution in [0, 0.1) is 0 Å². The number of para-hydroxylation sites is 1. The molecule has 0 atom stereocenters. The molecule has 43 heavy (non-hydrogen) atoms. The number of rotatable bonds is 16. The van der Waals surface area contributed by atoms with Gasteiger partial charge in [-0.3, -0.25) is 9.69 Å². The maximum atomic E-state index is 13.7. The van der Waals surface area contributed by atoms with Gasteiger partial charge in [0, 0.05) is 38.6 Å². The molecule has 4 rings (SSSR count). The van der Waals surface area contributed by atoms with E-state index in [-0.39, 0.29) is 12.5 Å². The Labute approximate surface area is 252 Å². The zero-order chi connectivity index (χ0) is 30.8. The molecule has 0 fully saturated rings. The molecule has 4 aromatic rings. The molecule has 0 saturated heterocycles. The van der Waals surface area contributed by atoms with Gasteiger partial charge >= 0.3 is 5.97 Å². The number of pyridine rings is 1. The van der Waals surface area contributed by atoms with Crippen molar-refractivity contribution in [1.82, 2.24) is 24.3 Å². The highest BCUT2D eigenvalue weighted by Gasteiger charge is 2.21. The number of carbonyl (C=O) groups excluding carboxylic acids is 2. The van der Waals surface area contributed by atoms with Crippen LogP contribution in [0.2, 0.25) is 0 Å². The molecule has 11 heteroatoms. The van der Waals surface area contributed by atoms with E-state index in [9.17, 15) is 9.59 Å². The molecule has 2 aromatic carbocycles. The van der Waals surface area contributed by atoms with Crippen molar-refractivity contribution in [2.45, 2.75) is 40.3 Å². The Hall–Kier alpha value is -4.22. The minimum atomic E-state index is -0.427. The van der Waals surface area contributed by atoms with Crippen molar-refractivity contribution in [2.24, 2.45) is 0 Å². The first kappa shape index (κ1) is 31.7. The van der Waals surface area contributed by atoms with Crippen LogP contribution >= 0.6 is 0 Å². The van der Waals surface area contributed by atoms with Gasteiger partial charge in [0.15, 0.2) is 12.4 Å². The highest BCUT2D eigenvalue weighted by atomic mass is 16.6. The van der Waals surface area contributed by atoms with E-state index < -0.39 is 5.97 Å². The van der Waals surface area contributed by atoms with Crippen molar-refractivity contribution in [3.63, 3.8) is 0 Å². The van der Waals surface area contributed by atoms with E-state index in [1.165, 1.54) is 0 Å². The summed E-state index contributed by atoms with van der Waals surface area (Å²) in [6.45, 7) is 9.66. The van der Waals surface area contributed by atoms with E-state index in [4.69, 9.17) is 24.9 Å².